The smallest absolute Gasteiger partial charge is 0.408 e. The predicted molar refractivity (Wildman–Crippen MR) is 115 cm³/mol. The molecule has 0 radical (unpaired) electrons. The van der Waals surface area contributed by atoms with Gasteiger partial charge in [0.2, 0.25) is 0 Å². The molecule has 1 aromatic rings. The number of nitrogens with one attached hydrogen (secondary N) is 1. The number of aromatic nitrogens is 2. The van der Waals surface area contributed by atoms with E-state index < -0.39 is 24.7 Å². The summed E-state index contributed by atoms with van der Waals surface area (Å²) in [4.78, 5) is 30.5. The number of rotatable bonds is 11. The summed E-state index contributed by atoms with van der Waals surface area (Å²) < 4.78 is 36.2. The standard InChI is InChI=1S/C13H20F3N7OS.C4H4O4/c14-13(15,16)8-20-11(18)21-10-5-6-19-12(22-10)25-7-3-1-2-4-9(17)23-24;5-3(6)1-2-4(7)8/h5-6,24H,1-4,7-8H2,(H2,17,23)(H3,18,19,20,21,22);1-2H,(H,5,6)(H,7,8). The number of hydrogen-bond acceptors (Lipinski definition) is 8. The van der Waals surface area contributed by atoms with Crippen LogP contribution in [0.4, 0.5) is 19.0 Å². The summed E-state index contributed by atoms with van der Waals surface area (Å²) in [6, 6.07) is 1.48. The zero-order valence-corrected chi connectivity index (χ0v) is 18.0. The topological polar surface area (TPSA) is 209 Å². The van der Waals surface area contributed by atoms with Gasteiger partial charge in [-0.25, -0.2) is 24.5 Å². The first kappa shape index (κ1) is 29.4. The molecular formula is C17H24F3N7O5S. The summed E-state index contributed by atoms with van der Waals surface area (Å²) >= 11 is 1.41. The van der Waals surface area contributed by atoms with Gasteiger partial charge in [0.1, 0.15) is 18.2 Å². The van der Waals surface area contributed by atoms with E-state index in [-0.39, 0.29) is 17.6 Å². The molecule has 0 bridgehead atoms. The Labute approximate surface area is 190 Å². The lowest BCUT2D eigenvalue weighted by Crippen LogP contribution is -2.26. The molecule has 1 rings (SSSR count). The fourth-order valence-corrected chi connectivity index (χ4v) is 2.60. The van der Waals surface area contributed by atoms with Crippen LogP contribution in [0, 0.1) is 0 Å². The number of halogens is 3. The summed E-state index contributed by atoms with van der Waals surface area (Å²) in [5, 5.41) is 29.9. The molecule has 0 aliphatic carbocycles. The molecule has 0 amide bonds. The highest BCUT2D eigenvalue weighted by Crippen LogP contribution is 2.17. The largest absolute Gasteiger partial charge is 0.478 e. The number of carboxylic acids is 2. The summed E-state index contributed by atoms with van der Waals surface area (Å²) in [6.07, 6.45) is 1.32. The first-order chi connectivity index (χ1) is 15.4. The highest BCUT2D eigenvalue weighted by atomic mass is 32.2. The average Bonchev–Trinajstić information content (AvgIpc) is 2.73. The number of thioether (sulfide) groups is 1. The van der Waals surface area contributed by atoms with Crippen LogP contribution in [0.3, 0.4) is 0 Å². The van der Waals surface area contributed by atoms with Crippen molar-refractivity contribution >= 4 is 41.3 Å². The van der Waals surface area contributed by atoms with Crippen molar-refractivity contribution in [2.45, 2.75) is 37.0 Å². The highest BCUT2D eigenvalue weighted by Gasteiger charge is 2.26. The Morgan fingerprint density at radius 3 is 2.33 bits per heavy atom. The van der Waals surface area contributed by atoms with Gasteiger partial charge in [0, 0.05) is 30.5 Å². The van der Waals surface area contributed by atoms with Gasteiger partial charge in [-0.2, -0.15) is 13.2 Å². The van der Waals surface area contributed by atoms with Crippen LogP contribution >= 0.6 is 11.8 Å². The molecule has 0 spiro atoms. The van der Waals surface area contributed by atoms with Crippen LogP contribution in [0.2, 0.25) is 0 Å². The van der Waals surface area contributed by atoms with E-state index in [9.17, 15) is 22.8 Å². The van der Waals surface area contributed by atoms with E-state index in [0.717, 1.165) is 25.0 Å². The van der Waals surface area contributed by atoms with E-state index in [1.807, 2.05) is 0 Å². The number of aliphatic imine (C=N–C) groups is 1. The van der Waals surface area contributed by atoms with Crippen molar-refractivity contribution < 1.29 is 38.2 Å². The fraction of sp³-hybridized carbons (Fsp3) is 0.412. The lowest BCUT2D eigenvalue weighted by atomic mass is 10.2. The lowest BCUT2D eigenvalue weighted by molar-refractivity contribution is -0.134. The highest BCUT2D eigenvalue weighted by molar-refractivity contribution is 7.99. The number of aliphatic carboxylic acids is 2. The maximum Gasteiger partial charge on any atom is 0.408 e. The minimum Gasteiger partial charge on any atom is -0.478 e. The summed E-state index contributed by atoms with van der Waals surface area (Å²) in [7, 11) is 0. The summed E-state index contributed by atoms with van der Waals surface area (Å²) in [5.41, 5.74) is 10.8. The molecule has 16 heteroatoms. The van der Waals surface area contributed by atoms with Crippen molar-refractivity contribution in [3.63, 3.8) is 0 Å². The van der Waals surface area contributed by atoms with Gasteiger partial charge in [-0.3, -0.25) is 0 Å². The van der Waals surface area contributed by atoms with Gasteiger partial charge in [0.05, 0.1) is 0 Å². The van der Waals surface area contributed by atoms with E-state index in [1.54, 1.807) is 0 Å². The molecule has 0 aliphatic rings. The monoisotopic (exact) mass is 495 g/mol. The van der Waals surface area contributed by atoms with Crippen LogP contribution in [0.1, 0.15) is 25.7 Å². The third kappa shape index (κ3) is 18.9. The number of nitrogens with zero attached hydrogens (tertiary/aromatic N) is 4. The van der Waals surface area contributed by atoms with Crippen molar-refractivity contribution in [1.29, 1.82) is 0 Å². The molecule has 33 heavy (non-hydrogen) atoms. The predicted octanol–water partition coefficient (Wildman–Crippen LogP) is 1.88. The Hall–Kier alpha value is -3.56. The van der Waals surface area contributed by atoms with E-state index in [4.69, 9.17) is 26.9 Å². The van der Waals surface area contributed by atoms with E-state index >= 15 is 0 Å². The molecule has 1 aromatic heterocycles. The molecule has 0 atom stereocenters. The number of alkyl halides is 3. The zero-order valence-electron chi connectivity index (χ0n) is 17.2. The molecule has 0 saturated heterocycles. The quantitative estimate of drug-likeness (QED) is 0.0381. The maximum absolute atomic E-state index is 12.1. The van der Waals surface area contributed by atoms with E-state index in [1.165, 1.54) is 24.0 Å². The van der Waals surface area contributed by atoms with Crippen LogP contribution in [0.15, 0.2) is 39.7 Å². The van der Waals surface area contributed by atoms with Crippen molar-refractivity contribution in [3.05, 3.63) is 24.4 Å². The SMILES string of the molecule is NC(CCCCCSc1nccc(NC(N)=NCC(F)(F)F)n1)=NO.O=C(O)C=CC(=O)O. The maximum atomic E-state index is 12.1. The Bertz CT molecular complexity index is 835. The second-order valence-corrected chi connectivity index (χ2v) is 6.99. The summed E-state index contributed by atoms with van der Waals surface area (Å²) in [6.45, 7) is -1.36. The van der Waals surface area contributed by atoms with Gasteiger partial charge in [-0.1, -0.05) is 23.3 Å². The molecule has 0 unspecified atom stereocenters. The number of nitrogens with two attached hydrogens (primary N) is 2. The summed E-state index contributed by atoms with van der Waals surface area (Å²) in [5.74, 6) is -1.64. The van der Waals surface area contributed by atoms with Gasteiger partial charge in [0.25, 0.3) is 0 Å². The van der Waals surface area contributed by atoms with Crippen molar-refractivity contribution in [3.8, 4) is 0 Å². The van der Waals surface area contributed by atoms with Crippen molar-refractivity contribution in [2.75, 3.05) is 17.6 Å². The second kappa shape index (κ2) is 16.1. The normalized spacial score (nSPS) is 12.2. The van der Waals surface area contributed by atoms with Gasteiger partial charge >= 0.3 is 18.1 Å². The number of amidine groups is 1. The Morgan fingerprint density at radius 2 is 1.79 bits per heavy atom. The van der Waals surface area contributed by atoms with Gasteiger partial charge < -0.3 is 32.2 Å². The lowest BCUT2D eigenvalue weighted by Gasteiger charge is -2.07. The molecule has 0 aromatic carbocycles. The number of guanidine groups is 1. The number of carbonyl (C=O) groups is 2. The molecular weight excluding hydrogens is 471 g/mol. The molecule has 184 valence electrons. The average molecular weight is 495 g/mol. The number of hydrogen-bond donors (Lipinski definition) is 6. The van der Waals surface area contributed by atoms with Crippen molar-refractivity contribution in [2.24, 2.45) is 21.6 Å². The first-order valence-corrected chi connectivity index (χ1v) is 10.1. The van der Waals surface area contributed by atoms with Crippen LogP contribution in [0.25, 0.3) is 0 Å². The Kier molecular flexibility index (Phi) is 14.4. The van der Waals surface area contributed by atoms with Gasteiger partial charge in [0.15, 0.2) is 11.1 Å². The third-order valence-electron chi connectivity index (χ3n) is 3.12. The second-order valence-electron chi connectivity index (χ2n) is 5.93. The molecule has 12 nitrogen and oxygen atoms in total. The minimum absolute atomic E-state index is 0.208. The van der Waals surface area contributed by atoms with Crippen LogP contribution in [-0.4, -0.2) is 67.6 Å². The number of anilines is 1. The third-order valence-corrected chi connectivity index (χ3v) is 4.07. The Balaban J connectivity index is 0.00000109. The molecule has 0 fully saturated rings. The fourth-order valence-electron chi connectivity index (χ4n) is 1.77. The van der Waals surface area contributed by atoms with E-state index in [0.29, 0.717) is 23.7 Å². The van der Waals surface area contributed by atoms with E-state index in [2.05, 4.69) is 25.4 Å². The van der Waals surface area contributed by atoms with Crippen molar-refractivity contribution in [1.82, 2.24) is 9.97 Å². The van der Waals surface area contributed by atoms with Gasteiger partial charge in [-0.15, -0.1) is 0 Å². The minimum atomic E-state index is -4.41. The Morgan fingerprint density at radius 1 is 1.15 bits per heavy atom. The van der Waals surface area contributed by atoms with Crippen LogP contribution in [0.5, 0.6) is 0 Å². The zero-order chi connectivity index (χ0) is 25.3. The number of carboxylic acid groups (broad SMARTS) is 2. The van der Waals surface area contributed by atoms with Crippen LogP contribution < -0.4 is 16.8 Å². The molecule has 0 aliphatic heterocycles. The number of unbranched alkanes of at least 4 members (excludes halogenated alkanes) is 2. The molecule has 8 N–H and O–H groups in total. The van der Waals surface area contributed by atoms with Gasteiger partial charge in [-0.05, 0) is 18.9 Å². The number of oxime groups is 1. The first-order valence-electron chi connectivity index (χ1n) is 9.12. The molecule has 0 saturated carbocycles. The molecule has 1 heterocycles. The van der Waals surface area contributed by atoms with Crippen LogP contribution in [-0.2, 0) is 9.59 Å².